The van der Waals surface area contributed by atoms with Crippen molar-refractivity contribution >= 4 is 20.0 Å². The smallest absolute Gasteiger partial charge is 0.221 e. The normalized spacial score (nSPS) is 12.6. The Morgan fingerprint density at radius 3 is 1.93 bits per heavy atom. The summed E-state index contributed by atoms with van der Waals surface area (Å²) in [5.41, 5.74) is 0. The summed E-state index contributed by atoms with van der Waals surface area (Å²) in [6, 6.07) is 0. The van der Waals surface area contributed by atoms with Gasteiger partial charge >= 0.3 is 0 Å². The van der Waals surface area contributed by atoms with Gasteiger partial charge in [0.2, 0.25) is 10.0 Å². The van der Waals surface area contributed by atoms with Crippen LogP contribution >= 0.6 is 0 Å². The quantitative estimate of drug-likeness (QED) is 0.711. The van der Waals surface area contributed by atoms with E-state index in [9.17, 15) is 16.8 Å². The average molecular weight is 279 g/mol. The van der Waals surface area contributed by atoms with E-state index in [-0.39, 0.29) is 24.3 Å². The maximum atomic E-state index is 11.1. The Hall–Kier alpha value is 0.444. The minimum Gasteiger partial charge on any atom is -0.301 e. The van der Waals surface area contributed by atoms with Crippen molar-refractivity contribution in [1.82, 2.24) is 4.13 Å². The summed E-state index contributed by atoms with van der Waals surface area (Å²) in [6.07, 6.45) is 1.43. The molecule has 0 heterocycles. The molecule has 0 aliphatic rings. The monoisotopic (exact) mass is 279 g/mol. The van der Waals surface area contributed by atoms with Crippen LogP contribution in [0.1, 0.15) is 20.3 Å². The van der Waals surface area contributed by atoms with Crippen molar-refractivity contribution in [2.24, 2.45) is 0 Å². The van der Waals surface area contributed by atoms with Crippen LogP contribution in [0.2, 0.25) is 0 Å². The van der Waals surface area contributed by atoms with Crippen molar-refractivity contribution in [3.8, 4) is 0 Å². The summed E-state index contributed by atoms with van der Waals surface area (Å²) < 4.78 is 45.0. The first kappa shape index (κ1) is 16.9. The molecule has 0 unspecified atom stereocenters. The fourth-order valence-electron chi connectivity index (χ4n) is 0.687. The Balaban J connectivity index is 0. The minimum absolute atomic E-state index is 0. The Morgan fingerprint density at radius 1 is 1.21 bits per heavy atom. The molecule has 0 aromatic heterocycles. The molecule has 0 aliphatic carbocycles. The van der Waals surface area contributed by atoms with Crippen LogP contribution < -0.4 is 4.13 Å². The Labute approximate surface area is 97.6 Å². The van der Waals surface area contributed by atoms with Gasteiger partial charge in [0.15, 0.2) is 10.0 Å². The molecule has 0 saturated carbocycles. The number of hydrogen-bond donors (Lipinski definition) is 1. The number of rotatable bonds is 5. The third kappa shape index (κ3) is 9.02. The molecule has 0 spiro atoms. The fourth-order valence-corrected chi connectivity index (χ4v) is 3.62. The summed E-state index contributed by atoms with van der Waals surface area (Å²) >= 11 is 0. The molecule has 85 valence electrons. The van der Waals surface area contributed by atoms with Crippen LogP contribution in [0, 0.1) is 5.92 Å². The number of sulfonamides is 2. The second kappa shape index (κ2) is 6.12. The second-order valence-electron chi connectivity index (χ2n) is 2.93. The van der Waals surface area contributed by atoms with Crippen molar-refractivity contribution in [2.45, 2.75) is 20.3 Å². The Kier molecular flexibility index (Phi) is 7.37. The van der Waals surface area contributed by atoms with Crippen molar-refractivity contribution in [3.05, 3.63) is 5.92 Å². The molecule has 0 atom stereocenters. The zero-order chi connectivity index (χ0) is 10.7. The van der Waals surface area contributed by atoms with Gasteiger partial charge in [0.25, 0.3) is 0 Å². The summed E-state index contributed by atoms with van der Waals surface area (Å²) in [6.45, 7) is 3.48. The zero-order valence-corrected chi connectivity index (χ0v) is 11.3. The van der Waals surface area contributed by atoms with Gasteiger partial charge in [-0.15, -0.1) is 4.13 Å². The first-order valence-corrected chi connectivity index (χ1v) is 7.23. The van der Waals surface area contributed by atoms with Crippen LogP contribution in [0.25, 0.3) is 0 Å². The van der Waals surface area contributed by atoms with E-state index in [1.54, 1.807) is 11.1 Å². The van der Waals surface area contributed by atoms with Crippen LogP contribution in [0.5, 0.6) is 0 Å². The maximum Gasteiger partial charge on any atom is 0.221 e. The molecule has 0 aromatic rings. The third-order valence-electron chi connectivity index (χ3n) is 1.32. The minimum atomic E-state index is -3.73. The fraction of sp³-hybridized carbons (Fsp3) is 0.833. The van der Waals surface area contributed by atoms with E-state index in [2.05, 4.69) is 0 Å². The van der Waals surface area contributed by atoms with Crippen molar-refractivity contribution in [2.75, 3.05) is 12.0 Å². The van der Waals surface area contributed by atoms with Crippen molar-refractivity contribution in [3.63, 3.8) is 0 Å². The molecule has 0 saturated heterocycles. The predicted molar refractivity (Wildman–Crippen MR) is 51.0 cm³/mol. The van der Waals surface area contributed by atoms with Gasteiger partial charge in [-0.3, -0.25) is 0 Å². The molecule has 5 nitrogen and oxygen atoms in total. The summed E-state index contributed by atoms with van der Waals surface area (Å²) in [7, 11) is -7.41. The SMILES string of the molecule is CC[C-](C)CS(=O)(=O)NS(C)(=O)=O.[V]. The molecule has 0 bridgehead atoms. The Morgan fingerprint density at radius 2 is 1.64 bits per heavy atom. The molecule has 0 amide bonds. The summed E-state index contributed by atoms with van der Waals surface area (Å²) in [5.74, 6) is 0.479. The zero-order valence-electron chi connectivity index (χ0n) is 8.31. The van der Waals surface area contributed by atoms with E-state index in [0.29, 0.717) is 6.42 Å². The molecule has 0 aromatic carbocycles. The molecule has 0 fully saturated rings. The van der Waals surface area contributed by atoms with E-state index in [1.165, 1.54) is 0 Å². The van der Waals surface area contributed by atoms with Crippen LogP contribution in [0.15, 0.2) is 0 Å². The summed E-state index contributed by atoms with van der Waals surface area (Å²) in [5, 5.41) is 0. The van der Waals surface area contributed by atoms with Gasteiger partial charge in [0, 0.05) is 18.6 Å². The molecular weight excluding hydrogens is 265 g/mol. The van der Waals surface area contributed by atoms with E-state index >= 15 is 0 Å². The van der Waals surface area contributed by atoms with Crippen LogP contribution in [0.3, 0.4) is 0 Å². The van der Waals surface area contributed by atoms with Crippen LogP contribution in [0.4, 0.5) is 0 Å². The van der Waals surface area contributed by atoms with Crippen LogP contribution in [-0.2, 0) is 38.6 Å². The van der Waals surface area contributed by atoms with E-state index in [0.717, 1.165) is 12.2 Å². The van der Waals surface area contributed by atoms with Gasteiger partial charge in [-0.25, -0.2) is 16.8 Å². The van der Waals surface area contributed by atoms with Crippen molar-refractivity contribution in [1.29, 1.82) is 0 Å². The Bertz CT molecular complexity index is 348. The molecule has 8 heteroatoms. The molecule has 1 radical (unpaired) electrons. The van der Waals surface area contributed by atoms with E-state index in [4.69, 9.17) is 0 Å². The first-order chi connectivity index (χ1) is 5.66. The molecule has 0 rings (SSSR count). The third-order valence-corrected chi connectivity index (χ3v) is 4.42. The van der Waals surface area contributed by atoms with E-state index in [1.807, 2.05) is 6.92 Å². The number of nitrogens with one attached hydrogen (secondary N) is 1. The maximum absolute atomic E-state index is 11.1. The molecule has 1 N–H and O–H groups in total. The average Bonchev–Trinajstić information content (AvgIpc) is 1.80. The van der Waals surface area contributed by atoms with Gasteiger partial charge in [-0.2, -0.15) is 13.3 Å². The topological polar surface area (TPSA) is 80.3 Å². The molecule has 0 aliphatic heterocycles. The number of hydrogen-bond acceptors (Lipinski definition) is 4. The molecule has 14 heavy (non-hydrogen) atoms. The van der Waals surface area contributed by atoms with Crippen molar-refractivity contribution < 1.29 is 35.4 Å². The first-order valence-electron chi connectivity index (χ1n) is 3.69. The largest absolute Gasteiger partial charge is 0.301 e. The predicted octanol–water partition coefficient (Wildman–Crippen LogP) is -0.133. The van der Waals surface area contributed by atoms with Gasteiger partial charge in [-0.05, 0) is 0 Å². The standard InChI is InChI=1S/C6H14NO4S2.V/c1-4-6(2)5-13(10,11)7-12(3,8)9;/h7H,4-5H2,1-3H3;/q-1;. The van der Waals surface area contributed by atoms with Gasteiger partial charge in [0.1, 0.15) is 0 Å². The van der Waals surface area contributed by atoms with Gasteiger partial charge in [0.05, 0.1) is 6.26 Å². The van der Waals surface area contributed by atoms with Crippen LogP contribution in [-0.4, -0.2) is 28.8 Å². The van der Waals surface area contributed by atoms with Gasteiger partial charge < -0.3 is 5.92 Å². The second-order valence-corrected chi connectivity index (χ2v) is 6.65. The molecular formula is C6H14NO4S2V-. The van der Waals surface area contributed by atoms with E-state index < -0.39 is 20.0 Å². The summed E-state index contributed by atoms with van der Waals surface area (Å²) in [4.78, 5) is 0. The van der Waals surface area contributed by atoms with Gasteiger partial charge in [-0.1, -0.05) is 12.7 Å².